The van der Waals surface area contributed by atoms with Crippen LogP contribution in [0.3, 0.4) is 0 Å². The quantitative estimate of drug-likeness (QED) is 0.454. The first-order valence-corrected chi connectivity index (χ1v) is 14.0. The molecule has 0 N–H and O–H groups in total. The van der Waals surface area contributed by atoms with Crippen LogP contribution in [0.25, 0.3) is 11.1 Å². The number of nitrogens with zero attached hydrogens (tertiary/aromatic N) is 4. The van der Waals surface area contributed by atoms with Gasteiger partial charge in [0.05, 0.1) is 36.9 Å². The van der Waals surface area contributed by atoms with E-state index in [0.29, 0.717) is 17.7 Å². The fourth-order valence-electron chi connectivity index (χ4n) is 6.27. The maximum atomic E-state index is 15.1. The predicted octanol–water partition coefficient (Wildman–Crippen LogP) is 5.30. The first kappa shape index (κ1) is 27.3. The van der Waals surface area contributed by atoms with E-state index in [-0.39, 0.29) is 36.7 Å². The molecule has 39 heavy (non-hydrogen) atoms. The number of halogens is 1. The van der Waals surface area contributed by atoms with Crippen molar-refractivity contribution in [2.24, 2.45) is 11.8 Å². The lowest BCUT2D eigenvalue weighted by Crippen LogP contribution is -2.51. The number of ether oxygens (including phenoxy) is 2. The Morgan fingerprint density at radius 3 is 2.77 bits per heavy atom. The molecule has 1 amide bonds. The van der Waals surface area contributed by atoms with Crippen molar-refractivity contribution in [3.63, 3.8) is 0 Å². The normalized spacial score (nSPS) is 25.1. The zero-order valence-electron chi connectivity index (χ0n) is 22.9. The molecule has 1 aromatic heterocycles. The van der Waals surface area contributed by atoms with Gasteiger partial charge in [0.25, 0.3) is 0 Å². The topological polar surface area (TPSA) is 97.5 Å². The zero-order valence-corrected chi connectivity index (χ0v) is 22.9. The van der Waals surface area contributed by atoms with Crippen LogP contribution in [-0.2, 0) is 27.2 Å². The standard InChI is InChI=1S/C30H37FN4O4/c1-30(2,3)39-29(37)35-24-9-8-22(13-24)28(35)27(36)12-19(15-32)11-21-7-6-20(14-26(21)31)23-16-33-34(17-23)18-25-5-4-10-38-25/h6-7,14,16-17,19,22,24-25,28H,4-5,8-13,18H2,1-3H3/t19-,22+,24-,25?,28+/m1/s1. The third kappa shape index (κ3) is 6.17. The third-order valence-corrected chi connectivity index (χ3v) is 8.05. The highest BCUT2D eigenvalue weighted by atomic mass is 19.1. The maximum Gasteiger partial charge on any atom is 0.411 e. The van der Waals surface area contributed by atoms with Crippen LogP contribution in [0.5, 0.6) is 0 Å². The van der Waals surface area contributed by atoms with Crippen LogP contribution in [0.2, 0.25) is 0 Å². The second-order valence-corrected chi connectivity index (χ2v) is 12.2. The van der Waals surface area contributed by atoms with Crippen molar-refractivity contribution in [1.29, 1.82) is 5.26 Å². The van der Waals surface area contributed by atoms with Gasteiger partial charge >= 0.3 is 6.09 Å². The van der Waals surface area contributed by atoms with E-state index < -0.39 is 29.5 Å². The SMILES string of the molecule is CC(C)(C)OC(=O)N1[C@@H]2CC[C@@H](C2)[C@H]1C(=O)C[C@H](C#N)Cc1ccc(-c2cnn(CC3CCCO3)c2)cc1F. The minimum atomic E-state index is -0.688. The molecule has 2 aliphatic heterocycles. The van der Waals surface area contributed by atoms with Crippen molar-refractivity contribution in [1.82, 2.24) is 14.7 Å². The number of piperidine rings is 1. The molecule has 5 rings (SSSR count). The van der Waals surface area contributed by atoms with Crippen molar-refractivity contribution in [2.45, 2.75) is 96.1 Å². The minimum absolute atomic E-state index is 0.000583. The summed E-state index contributed by atoms with van der Waals surface area (Å²) < 4.78 is 28.2. The van der Waals surface area contributed by atoms with E-state index in [1.165, 1.54) is 6.07 Å². The van der Waals surface area contributed by atoms with Gasteiger partial charge in [-0.25, -0.2) is 9.18 Å². The first-order valence-electron chi connectivity index (χ1n) is 14.0. The monoisotopic (exact) mass is 536 g/mol. The van der Waals surface area contributed by atoms with E-state index in [1.54, 1.807) is 37.9 Å². The number of aromatic nitrogens is 2. The molecule has 8 nitrogen and oxygen atoms in total. The number of benzene rings is 1. The largest absolute Gasteiger partial charge is 0.444 e. The molecular weight excluding hydrogens is 499 g/mol. The molecule has 3 fully saturated rings. The van der Waals surface area contributed by atoms with Gasteiger partial charge in [0.2, 0.25) is 0 Å². The lowest BCUT2D eigenvalue weighted by Gasteiger charge is -2.35. The number of carbonyl (C=O) groups is 2. The summed E-state index contributed by atoms with van der Waals surface area (Å²) in [4.78, 5) is 27.9. The summed E-state index contributed by atoms with van der Waals surface area (Å²) in [5, 5.41) is 14.2. The number of amides is 1. The Hall–Kier alpha value is -3.25. The van der Waals surface area contributed by atoms with Gasteiger partial charge < -0.3 is 9.47 Å². The number of hydrogen-bond acceptors (Lipinski definition) is 6. The molecule has 0 radical (unpaired) electrons. The third-order valence-electron chi connectivity index (χ3n) is 8.05. The molecule has 208 valence electrons. The summed E-state index contributed by atoms with van der Waals surface area (Å²) in [5.41, 5.74) is 1.24. The Morgan fingerprint density at radius 1 is 1.26 bits per heavy atom. The second kappa shape index (κ2) is 11.1. The van der Waals surface area contributed by atoms with Crippen LogP contribution < -0.4 is 0 Å². The highest BCUT2D eigenvalue weighted by Gasteiger charge is 2.52. The molecule has 5 atom stereocenters. The predicted molar refractivity (Wildman–Crippen MR) is 142 cm³/mol. The molecule has 1 aromatic carbocycles. The molecule has 2 saturated heterocycles. The minimum Gasteiger partial charge on any atom is -0.444 e. The van der Waals surface area contributed by atoms with Crippen molar-refractivity contribution in [3.05, 3.63) is 42.0 Å². The number of ketones is 1. The van der Waals surface area contributed by atoms with Crippen LogP contribution in [0.4, 0.5) is 9.18 Å². The molecule has 2 aromatic rings. The van der Waals surface area contributed by atoms with Crippen molar-refractivity contribution < 1.29 is 23.5 Å². The smallest absolute Gasteiger partial charge is 0.411 e. The summed E-state index contributed by atoms with van der Waals surface area (Å²) in [7, 11) is 0. The molecule has 2 bridgehead atoms. The molecule has 1 aliphatic carbocycles. The Kier molecular flexibility index (Phi) is 7.77. The van der Waals surface area contributed by atoms with E-state index in [2.05, 4.69) is 11.2 Å². The van der Waals surface area contributed by atoms with Crippen molar-refractivity contribution in [2.75, 3.05) is 6.61 Å². The number of nitriles is 1. The van der Waals surface area contributed by atoms with Gasteiger partial charge in [0.15, 0.2) is 5.78 Å². The lowest BCUT2D eigenvalue weighted by atomic mass is 9.87. The highest BCUT2D eigenvalue weighted by Crippen LogP contribution is 2.44. The van der Waals surface area contributed by atoms with Gasteiger partial charge in [-0.1, -0.05) is 12.1 Å². The fourth-order valence-corrected chi connectivity index (χ4v) is 6.27. The molecule has 3 heterocycles. The van der Waals surface area contributed by atoms with Crippen LogP contribution in [0.15, 0.2) is 30.6 Å². The van der Waals surface area contributed by atoms with E-state index in [9.17, 15) is 14.9 Å². The molecule has 0 spiro atoms. The summed E-state index contributed by atoms with van der Waals surface area (Å²) in [6.07, 6.45) is 8.00. The summed E-state index contributed by atoms with van der Waals surface area (Å²) in [6, 6.07) is 6.58. The Morgan fingerprint density at radius 2 is 2.08 bits per heavy atom. The fraction of sp³-hybridized carbons (Fsp3) is 0.600. The zero-order chi connectivity index (χ0) is 27.7. The van der Waals surface area contributed by atoms with Gasteiger partial charge in [-0.3, -0.25) is 14.4 Å². The maximum absolute atomic E-state index is 15.1. The molecule has 9 heteroatoms. The number of fused-ring (bicyclic) bond motifs is 2. The summed E-state index contributed by atoms with van der Waals surface area (Å²) in [5.74, 6) is -1.16. The number of rotatable bonds is 8. The molecular formula is C30H37FN4O4. The van der Waals surface area contributed by atoms with E-state index in [0.717, 1.165) is 44.3 Å². The number of Topliss-reactive ketones (excluding diaryl/α,β-unsaturated/α-hetero) is 1. The lowest BCUT2D eigenvalue weighted by molar-refractivity contribution is -0.126. The average molecular weight is 537 g/mol. The van der Waals surface area contributed by atoms with E-state index in [1.807, 2.05) is 16.9 Å². The first-order chi connectivity index (χ1) is 18.6. The van der Waals surface area contributed by atoms with Gasteiger partial charge in [0.1, 0.15) is 11.4 Å². The van der Waals surface area contributed by atoms with Gasteiger partial charge in [-0.05, 0) is 82.4 Å². The molecule has 1 saturated carbocycles. The van der Waals surface area contributed by atoms with E-state index >= 15 is 4.39 Å². The van der Waals surface area contributed by atoms with Gasteiger partial charge in [0, 0.05) is 30.8 Å². The van der Waals surface area contributed by atoms with Crippen LogP contribution >= 0.6 is 0 Å². The van der Waals surface area contributed by atoms with Gasteiger partial charge in [-0.15, -0.1) is 0 Å². The average Bonchev–Trinajstić information content (AvgIpc) is 3.68. The summed E-state index contributed by atoms with van der Waals surface area (Å²) >= 11 is 0. The van der Waals surface area contributed by atoms with Crippen molar-refractivity contribution >= 4 is 11.9 Å². The number of hydrogen-bond donors (Lipinski definition) is 0. The second-order valence-electron chi connectivity index (χ2n) is 12.2. The Bertz CT molecular complexity index is 1260. The molecule has 3 aliphatic rings. The number of carbonyl (C=O) groups excluding carboxylic acids is 2. The van der Waals surface area contributed by atoms with Crippen LogP contribution in [-0.4, -0.2) is 57.0 Å². The van der Waals surface area contributed by atoms with Crippen molar-refractivity contribution in [3.8, 4) is 17.2 Å². The van der Waals surface area contributed by atoms with Crippen LogP contribution in [0.1, 0.15) is 64.9 Å². The highest BCUT2D eigenvalue weighted by molar-refractivity contribution is 5.89. The Balaban J connectivity index is 1.23. The van der Waals surface area contributed by atoms with Crippen LogP contribution in [0, 0.1) is 29.0 Å². The number of likely N-dealkylation sites (tertiary alicyclic amines) is 1. The summed E-state index contributed by atoms with van der Waals surface area (Å²) in [6.45, 7) is 6.87. The van der Waals surface area contributed by atoms with E-state index in [4.69, 9.17) is 9.47 Å². The van der Waals surface area contributed by atoms with Gasteiger partial charge in [-0.2, -0.15) is 10.4 Å². The molecule has 1 unspecified atom stereocenters. The Labute approximate surface area is 229 Å².